The van der Waals surface area contributed by atoms with Crippen LogP contribution in [-0.4, -0.2) is 20.1 Å². The quantitative estimate of drug-likeness (QED) is 0.892. The van der Waals surface area contributed by atoms with Gasteiger partial charge in [0.2, 0.25) is 10.0 Å². The summed E-state index contributed by atoms with van der Waals surface area (Å²) in [7, 11) is -3.45. The van der Waals surface area contributed by atoms with Crippen molar-refractivity contribution in [2.24, 2.45) is 11.8 Å². The third-order valence-electron chi connectivity index (χ3n) is 3.84. The predicted molar refractivity (Wildman–Crippen MR) is 74.4 cm³/mol. The third-order valence-corrected chi connectivity index (χ3v) is 5.28. The zero-order chi connectivity index (χ0) is 13.9. The van der Waals surface area contributed by atoms with E-state index in [9.17, 15) is 8.42 Å². The lowest BCUT2D eigenvalue weighted by molar-refractivity contribution is 0.290. The number of benzene rings is 1. The fourth-order valence-corrected chi connectivity index (χ4v) is 3.59. The minimum Gasteiger partial charge on any atom is -0.508 e. The van der Waals surface area contributed by atoms with Gasteiger partial charge in [-0.1, -0.05) is 19.8 Å². The first-order valence-electron chi connectivity index (χ1n) is 6.76. The zero-order valence-electron chi connectivity index (χ0n) is 11.2. The van der Waals surface area contributed by atoms with E-state index in [2.05, 4.69) is 11.6 Å². The molecule has 1 saturated carbocycles. The van der Waals surface area contributed by atoms with Gasteiger partial charge in [0.05, 0.1) is 4.90 Å². The first-order chi connectivity index (χ1) is 8.97. The molecule has 1 aromatic rings. The second-order valence-electron chi connectivity index (χ2n) is 5.47. The molecule has 0 bridgehead atoms. The van der Waals surface area contributed by atoms with Gasteiger partial charge >= 0.3 is 0 Å². The van der Waals surface area contributed by atoms with Crippen LogP contribution in [0.5, 0.6) is 5.75 Å². The van der Waals surface area contributed by atoms with Gasteiger partial charge in [-0.05, 0) is 48.9 Å². The molecular formula is C14H21NO3S. The molecule has 19 heavy (non-hydrogen) atoms. The molecule has 106 valence electrons. The number of phenolic OH excluding ortho intramolecular Hbond substituents is 1. The predicted octanol–water partition coefficient (Wildman–Crippen LogP) is 2.50. The van der Waals surface area contributed by atoms with Crippen LogP contribution in [0.4, 0.5) is 0 Å². The van der Waals surface area contributed by atoms with Crippen LogP contribution < -0.4 is 4.72 Å². The van der Waals surface area contributed by atoms with Crippen molar-refractivity contribution in [1.82, 2.24) is 4.72 Å². The number of phenols is 1. The molecule has 2 N–H and O–H groups in total. The van der Waals surface area contributed by atoms with Crippen molar-refractivity contribution < 1.29 is 13.5 Å². The molecular weight excluding hydrogens is 262 g/mol. The highest BCUT2D eigenvalue weighted by Gasteiger charge is 2.21. The van der Waals surface area contributed by atoms with E-state index in [0.29, 0.717) is 12.5 Å². The fourth-order valence-electron chi connectivity index (χ4n) is 2.47. The molecule has 0 amide bonds. The SMILES string of the molecule is CC1CCC(CNS(=O)(=O)c2ccc(O)cc2)CC1. The molecule has 0 heterocycles. The van der Waals surface area contributed by atoms with E-state index in [1.165, 1.54) is 37.1 Å². The van der Waals surface area contributed by atoms with Gasteiger partial charge in [0.1, 0.15) is 5.75 Å². The minimum atomic E-state index is -3.45. The Morgan fingerprint density at radius 3 is 2.32 bits per heavy atom. The molecule has 2 rings (SSSR count). The lowest BCUT2D eigenvalue weighted by Gasteiger charge is -2.26. The van der Waals surface area contributed by atoms with E-state index < -0.39 is 10.0 Å². The van der Waals surface area contributed by atoms with Crippen LogP contribution >= 0.6 is 0 Å². The summed E-state index contributed by atoms with van der Waals surface area (Å²) >= 11 is 0. The summed E-state index contributed by atoms with van der Waals surface area (Å²) in [6, 6.07) is 5.61. The lowest BCUT2D eigenvalue weighted by Crippen LogP contribution is -2.31. The van der Waals surface area contributed by atoms with Crippen LogP contribution in [0.1, 0.15) is 32.6 Å². The summed E-state index contributed by atoms with van der Waals surface area (Å²) in [4.78, 5) is 0.203. The molecule has 0 saturated heterocycles. The summed E-state index contributed by atoms with van der Waals surface area (Å²) in [5, 5.41) is 9.17. The number of hydrogen-bond acceptors (Lipinski definition) is 3. The smallest absolute Gasteiger partial charge is 0.240 e. The van der Waals surface area contributed by atoms with E-state index in [1.807, 2.05) is 0 Å². The molecule has 0 radical (unpaired) electrons. The van der Waals surface area contributed by atoms with Crippen molar-refractivity contribution in [3.63, 3.8) is 0 Å². The summed E-state index contributed by atoms with van der Waals surface area (Å²) in [6.45, 7) is 2.76. The molecule has 1 aliphatic rings. The molecule has 5 heteroatoms. The average Bonchev–Trinajstić information content (AvgIpc) is 2.39. The highest BCUT2D eigenvalue weighted by Crippen LogP contribution is 2.28. The molecule has 1 aromatic carbocycles. The summed E-state index contributed by atoms with van der Waals surface area (Å²) in [5.74, 6) is 1.29. The van der Waals surface area contributed by atoms with Gasteiger partial charge in [0, 0.05) is 6.54 Å². The zero-order valence-corrected chi connectivity index (χ0v) is 12.0. The van der Waals surface area contributed by atoms with Gasteiger partial charge in [0.15, 0.2) is 0 Å². The van der Waals surface area contributed by atoms with Gasteiger partial charge in [-0.15, -0.1) is 0 Å². The summed E-state index contributed by atoms with van der Waals surface area (Å²) in [5.41, 5.74) is 0. The maximum Gasteiger partial charge on any atom is 0.240 e. The Morgan fingerprint density at radius 2 is 1.74 bits per heavy atom. The molecule has 0 unspecified atom stereocenters. The van der Waals surface area contributed by atoms with Crippen LogP contribution in [0, 0.1) is 11.8 Å². The second kappa shape index (κ2) is 5.92. The Hall–Kier alpha value is -1.07. The largest absolute Gasteiger partial charge is 0.508 e. The Balaban J connectivity index is 1.92. The van der Waals surface area contributed by atoms with E-state index >= 15 is 0 Å². The lowest BCUT2D eigenvalue weighted by atomic mass is 9.83. The molecule has 0 aromatic heterocycles. The molecule has 1 aliphatic carbocycles. The molecule has 0 atom stereocenters. The summed E-state index contributed by atoms with van der Waals surface area (Å²) < 4.78 is 26.8. The first kappa shape index (κ1) is 14.3. The molecule has 0 aliphatic heterocycles. The Morgan fingerprint density at radius 1 is 1.16 bits per heavy atom. The van der Waals surface area contributed by atoms with Gasteiger partial charge in [-0.3, -0.25) is 0 Å². The maximum absolute atomic E-state index is 12.1. The third kappa shape index (κ3) is 3.94. The van der Waals surface area contributed by atoms with Gasteiger partial charge < -0.3 is 5.11 Å². The van der Waals surface area contributed by atoms with Crippen molar-refractivity contribution in [2.45, 2.75) is 37.5 Å². The second-order valence-corrected chi connectivity index (χ2v) is 7.24. The topological polar surface area (TPSA) is 66.4 Å². The van der Waals surface area contributed by atoms with Crippen molar-refractivity contribution in [3.05, 3.63) is 24.3 Å². The number of sulfonamides is 1. The number of nitrogens with one attached hydrogen (secondary N) is 1. The number of aromatic hydroxyl groups is 1. The van der Waals surface area contributed by atoms with Crippen molar-refractivity contribution in [3.8, 4) is 5.75 Å². The standard InChI is InChI=1S/C14H21NO3S/c1-11-2-4-12(5-3-11)10-15-19(17,18)14-8-6-13(16)7-9-14/h6-9,11-12,15-16H,2-5,10H2,1H3. The van der Waals surface area contributed by atoms with Crippen molar-refractivity contribution in [2.75, 3.05) is 6.54 Å². The average molecular weight is 283 g/mol. The van der Waals surface area contributed by atoms with Crippen LogP contribution in [0.15, 0.2) is 29.2 Å². The van der Waals surface area contributed by atoms with Crippen LogP contribution in [0.2, 0.25) is 0 Å². The molecule has 0 spiro atoms. The van der Waals surface area contributed by atoms with E-state index in [4.69, 9.17) is 5.11 Å². The minimum absolute atomic E-state index is 0.0696. The van der Waals surface area contributed by atoms with Gasteiger partial charge in [-0.25, -0.2) is 13.1 Å². The number of hydrogen-bond donors (Lipinski definition) is 2. The number of rotatable bonds is 4. The maximum atomic E-state index is 12.1. The Bertz CT molecular complexity index is 502. The normalized spacial score (nSPS) is 24.3. The highest BCUT2D eigenvalue weighted by atomic mass is 32.2. The fraction of sp³-hybridized carbons (Fsp3) is 0.571. The van der Waals surface area contributed by atoms with Crippen LogP contribution in [-0.2, 0) is 10.0 Å². The van der Waals surface area contributed by atoms with E-state index in [1.54, 1.807) is 0 Å². The Labute approximate surface area is 114 Å². The van der Waals surface area contributed by atoms with Crippen molar-refractivity contribution in [1.29, 1.82) is 0 Å². The monoisotopic (exact) mass is 283 g/mol. The molecule has 1 fully saturated rings. The Kier molecular flexibility index (Phi) is 4.47. The van der Waals surface area contributed by atoms with Crippen LogP contribution in [0.3, 0.4) is 0 Å². The van der Waals surface area contributed by atoms with Gasteiger partial charge in [-0.2, -0.15) is 0 Å². The van der Waals surface area contributed by atoms with Crippen LogP contribution in [0.25, 0.3) is 0 Å². The van der Waals surface area contributed by atoms with E-state index in [0.717, 1.165) is 18.8 Å². The first-order valence-corrected chi connectivity index (χ1v) is 8.24. The van der Waals surface area contributed by atoms with Gasteiger partial charge in [0.25, 0.3) is 0 Å². The van der Waals surface area contributed by atoms with Crippen molar-refractivity contribution >= 4 is 10.0 Å². The summed E-state index contributed by atoms with van der Waals surface area (Å²) in [6.07, 6.45) is 4.57. The van der Waals surface area contributed by atoms with E-state index in [-0.39, 0.29) is 10.6 Å². The highest BCUT2D eigenvalue weighted by molar-refractivity contribution is 7.89. The molecule has 4 nitrogen and oxygen atoms in total.